The van der Waals surface area contributed by atoms with Gasteiger partial charge >= 0.3 is 0 Å². The topological polar surface area (TPSA) is 34.0 Å². The number of aromatic nitrogens is 1. The SMILES string of the molecule is O=C(NCc1c(Cl)cccc1-n1cccc1)c1ccc2sccc2c1. The average molecular weight is 367 g/mol. The van der Waals surface area contributed by atoms with Crippen molar-refractivity contribution in [1.29, 1.82) is 0 Å². The van der Waals surface area contributed by atoms with Crippen molar-refractivity contribution in [1.82, 2.24) is 9.88 Å². The van der Waals surface area contributed by atoms with Gasteiger partial charge in [-0.15, -0.1) is 11.3 Å². The number of carbonyl (C=O) groups is 1. The van der Waals surface area contributed by atoms with Gasteiger partial charge in [-0.3, -0.25) is 4.79 Å². The molecule has 1 N–H and O–H groups in total. The molecule has 2 aromatic carbocycles. The molecule has 0 aliphatic carbocycles. The lowest BCUT2D eigenvalue weighted by atomic mass is 10.1. The number of hydrogen-bond acceptors (Lipinski definition) is 2. The van der Waals surface area contributed by atoms with E-state index in [1.807, 2.05) is 76.9 Å². The largest absolute Gasteiger partial charge is 0.348 e. The van der Waals surface area contributed by atoms with E-state index in [1.165, 1.54) is 4.70 Å². The van der Waals surface area contributed by atoms with E-state index in [1.54, 1.807) is 11.3 Å². The molecule has 0 aliphatic rings. The Kier molecular flexibility index (Phi) is 4.30. The molecule has 0 unspecified atom stereocenters. The number of thiophene rings is 1. The van der Waals surface area contributed by atoms with Gasteiger partial charge in [-0.2, -0.15) is 0 Å². The van der Waals surface area contributed by atoms with Crippen molar-refractivity contribution in [2.24, 2.45) is 0 Å². The van der Waals surface area contributed by atoms with Crippen LogP contribution in [0.5, 0.6) is 0 Å². The number of nitrogens with one attached hydrogen (secondary N) is 1. The maximum absolute atomic E-state index is 12.5. The molecule has 1 amide bonds. The van der Waals surface area contributed by atoms with Crippen molar-refractivity contribution >= 4 is 38.9 Å². The summed E-state index contributed by atoms with van der Waals surface area (Å²) in [5.74, 6) is -0.105. The Morgan fingerprint density at radius 2 is 1.92 bits per heavy atom. The van der Waals surface area contributed by atoms with Gasteiger partial charge in [-0.05, 0) is 59.3 Å². The third-order valence-electron chi connectivity index (χ3n) is 4.12. The summed E-state index contributed by atoms with van der Waals surface area (Å²) in [4.78, 5) is 12.5. The Hall–Kier alpha value is -2.56. The van der Waals surface area contributed by atoms with Gasteiger partial charge in [0.25, 0.3) is 5.91 Å². The summed E-state index contributed by atoms with van der Waals surface area (Å²) >= 11 is 8.04. The fraction of sp³-hybridized carbons (Fsp3) is 0.0500. The average Bonchev–Trinajstić information content (AvgIpc) is 3.31. The second-order valence-electron chi connectivity index (χ2n) is 5.68. The van der Waals surface area contributed by atoms with Crippen LogP contribution in [0.3, 0.4) is 0 Å². The zero-order valence-electron chi connectivity index (χ0n) is 13.3. The molecule has 3 nitrogen and oxygen atoms in total. The smallest absolute Gasteiger partial charge is 0.251 e. The number of hydrogen-bond donors (Lipinski definition) is 1. The van der Waals surface area contributed by atoms with Crippen LogP contribution in [0.25, 0.3) is 15.8 Å². The highest BCUT2D eigenvalue weighted by Gasteiger charge is 2.12. The first-order valence-corrected chi connectivity index (χ1v) is 9.14. The predicted molar refractivity (Wildman–Crippen MR) is 104 cm³/mol. The monoisotopic (exact) mass is 366 g/mol. The number of carbonyl (C=O) groups excluding carboxylic acids is 1. The van der Waals surface area contributed by atoms with E-state index in [4.69, 9.17) is 11.6 Å². The van der Waals surface area contributed by atoms with E-state index in [-0.39, 0.29) is 5.91 Å². The van der Waals surface area contributed by atoms with Crippen LogP contribution < -0.4 is 5.32 Å². The van der Waals surface area contributed by atoms with E-state index in [0.29, 0.717) is 17.1 Å². The van der Waals surface area contributed by atoms with Gasteiger partial charge in [0.05, 0.1) is 5.69 Å². The highest BCUT2D eigenvalue weighted by atomic mass is 35.5. The number of nitrogens with zero attached hydrogens (tertiary/aromatic N) is 1. The summed E-state index contributed by atoms with van der Waals surface area (Å²) < 4.78 is 3.17. The number of fused-ring (bicyclic) bond motifs is 1. The first-order valence-electron chi connectivity index (χ1n) is 7.88. The van der Waals surface area contributed by atoms with E-state index in [9.17, 15) is 4.79 Å². The summed E-state index contributed by atoms with van der Waals surface area (Å²) in [6.07, 6.45) is 3.92. The minimum Gasteiger partial charge on any atom is -0.348 e. The Morgan fingerprint density at radius 3 is 2.76 bits per heavy atom. The van der Waals surface area contributed by atoms with Crippen LogP contribution in [0.15, 0.2) is 72.4 Å². The van der Waals surface area contributed by atoms with Crippen molar-refractivity contribution in [3.63, 3.8) is 0 Å². The maximum atomic E-state index is 12.5. The molecule has 0 radical (unpaired) electrons. The number of amides is 1. The Balaban J connectivity index is 1.58. The molecule has 124 valence electrons. The van der Waals surface area contributed by atoms with Gasteiger partial charge in [-0.1, -0.05) is 17.7 Å². The third kappa shape index (κ3) is 3.18. The molecule has 25 heavy (non-hydrogen) atoms. The van der Waals surface area contributed by atoms with Crippen molar-refractivity contribution in [2.45, 2.75) is 6.54 Å². The van der Waals surface area contributed by atoms with Crippen molar-refractivity contribution < 1.29 is 4.79 Å². The van der Waals surface area contributed by atoms with Crippen LogP contribution in [0, 0.1) is 0 Å². The Labute approximate surface area is 154 Å². The van der Waals surface area contributed by atoms with Gasteiger partial charge < -0.3 is 9.88 Å². The minimum atomic E-state index is -0.105. The maximum Gasteiger partial charge on any atom is 0.251 e. The zero-order valence-corrected chi connectivity index (χ0v) is 14.8. The molecule has 0 saturated carbocycles. The number of halogens is 1. The standard InChI is InChI=1S/C20H15ClN2OS/c21-17-4-3-5-18(23-9-1-2-10-23)16(17)13-22-20(24)15-6-7-19-14(12-15)8-11-25-19/h1-12H,13H2,(H,22,24). The molecule has 2 aromatic heterocycles. The summed E-state index contributed by atoms with van der Waals surface area (Å²) in [5, 5.41) is 6.73. The van der Waals surface area contributed by atoms with Crippen LogP contribution >= 0.6 is 22.9 Å². The molecule has 0 atom stereocenters. The van der Waals surface area contributed by atoms with Crippen molar-refractivity contribution in [3.05, 3.63) is 88.5 Å². The number of benzene rings is 2. The van der Waals surface area contributed by atoms with Crippen LogP contribution in [-0.2, 0) is 6.54 Å². The second-order valence-corrected chi connectivity index (χ2v) is 7.04. The lowest BCUT2D eigenvalue weighted by Gasteiger charge is -2.13. The Morgan fingerprint density at radius 1 is 1.08 bits per heavy atom. The molecule has 0 bridgehead atoms. The second kappa shape index (κ2) is 6.75. The van der Waals surface area contributed by atoms with Crippen LogP contribution in [0.4, 0.5) is 0 Å². The van der Waals surface area contributed by atoms with Crippen LogP contribution in [0.1, 0.15) is 15.9 Å². The summed E-state index contributed by atoms with van der Waals surface area (Å²) in [6, 6.07) is 17.4. The first-order chi connectivity index (χ1) is 12.2. The predicted octanol–water partition coefficient (Wildman–Crippen LogP) is 5.28. The summed E-state index contributed by atoms with van der Waals surface area (Å²) in [7, 11) is 0. The molecule has 4 rings (SSSR count). The van der Waals surface area contributed by atoms with E-state index >= 15 is 0 Å². The van der Waals surface area contributed by atoms with Gasteiger partial charge in [0.2, 0.25) is 0 Å². The normalized spacial score (nSPS) is 10.9. The quantitative estimate of drug-likeness (QED) is 0.524. The molecule has 0 fully saturated rings. The molecule has 0 saturated heterocycles. The van der Waals surface area contributed by atoms with E-state index in [2.05, 4.69) is 5.32 Å². The fourth-order valence-corrected chi connectivity index (χ4v) is 3.85. The lowest BCUT2D eigenvalue weighted by molar-refractivity contribution is 0.0951. The van der Waals surface area contributed by atoms with Crippen LogP contribution in [-0.4, -0.2) is 10.5 Å². The van der Waals surface area contributed by atoms with Gasteiger partial charge in [0.15, 0.2) is 0 Å². The Bertz CT molecular complexity index is 1040. The number of rotatable bonds is 4. The third-order valence-corrected chi connectivity index (χ3v) is 5.37. The van der Waals surface area contributed by atoms with Crippen LogP contribution in [0.2, 0.25) is 5.02 Å². The van der Waals surface area contributed by atoms with Gasteiger partial charge in [-0.25, -0.2) is 0 Å². The van der Waals surface area contributed by atoms with Crippen molar-refractivity contribution in [2.75, 3.05) is 0 Å². The summed E-state index contributed by atoms with van der Waals surface area (Å²) in [6.45, 7) is 0.369. The molecular weight excluding hydrogens is 352 g/mol. The van der Waals surface area contributed by atoms with E-state index in [0.717, 1.165) is 16.6 Å². The van der Waals surface area contributed by atoms with E-state index < -0.39 is 0 Å². The minimum absolute atomic E-state index is 0.105. The molecule has 4 aromatic rings. The van der Waals surface area contributed by atoms with Gasteiger partial charge in [0, 0.05) is 39.8 Å². The highest BCUT2D eigenvalue weighted by Crippen LogP contribution is 2.24. The molecule has 5 heteroatoms. The molecule has 0 aliphatic heterocycles. The van der Waals surface area contributed by atoms with Crippen molar-refractivity contribution in [3.8, 4) is 5.69 Å². The first kappa shape index (κ1) is 15.9. The molecular formula is C20H15ClN2OS. The lowest BCUT2D eigenvalue weighted by Crippen LogP contribution is -2.23. The molecule has 2 heterocycles. The molecule has 0 spiro atoms. The fourth-order valence-electron chi connectivity index (χ4n) is 2.84. The zero-order chi connectivity index (χ0) is 17.2. The van der Waals surface area contributed by atoms with Gasteiger partial charge in [0.1, 0.15) is 0 Å². The highest BCUT2D eigenvalue weighted by molar-refractivity contribution is 7.17. The summed E-state index contributed by atoms with van der Waals surface area (Å²) in [5.41, 5.74) is 2.51.